The van der Waals surface area contributed by atoms with Gasteiger partial charge in [-0.15, -0.1) is 0 Å². The number of ether oxygens (including phenoxy) is 3. The summed E-state index contributed by atoms with van der Waals surface area (Å²) in [6.45, 7) is 0.224. The van der Waals surface area contributed by atoms with Crippen molar-refractivity contribution in [3.05, 3.63) is 17.8 Å². The number of alkyl halides is 2. The first kappa shape index (κ1) is 18.3. The van der Waals surface area contributed by atoms with Gasteiger partial charge in [-0.2, -0.15) is 0 Å². The summed E-state index contributed by atoms with van der Waals surface area (Å²) < 4.78 is 42.6. The van der Waals surface area contributed by atoms with Crippen molar-refractivity contribution in [3.63, 3.8) is 0 Å². The second-order valence-electron chi connectivity index (χ2n) is 6.46. The van der Waals surface area contributed by atoms with Crippen LogP contribution in [0.1, 0.15) is 29.8 Å². The van der Waals surface area contributed by atoms with Crippen LogP contribution in [0.25, 0.3) is 10.9 Å². The van der Waals surface area contributed by atoms with Crippen LogP contribution >= 0.6 is 0 Å². The molecule has 0 spiro atoms. The predicted molar refractivity (Wildman–Crippen MR) is 92.6 cm³/mol. The molecule has 1 atom stereocenters. The first-order valence-corrected chi connectivity index (χ1v) is 8.36. The number of H-pyrrole nitrogens is 1. The molecule has 8 heteroatoms. The van der Waals surface area contributed by atoms with E-state index in [1.807, 2.05) is 0 Å². The lowest BCUT2D eigenvalue weighted by Gasteiger charge is -2.11. The molecule has 1 fully saturated rings. The van der Waals surface area contributed by atoms with Gasteiger partial charge in [0.25, 0.3) is 5.91 Å². The minimum absolute atomic E-state index is 0.117. The molecule has 1 aromatic carbocycles. The third-order valence-corrected chi connectivity index (χ3v) is 4.74. The highest BCUT2D eigenvalue weighted by molar-refractivity contribution is 6.02. The Balaban J connectivity index is 1.83. The van der Waals surface area contributed by atoms with Crippen molar-refractivity contribution in [1.82, 2.24) is 10.3 Å². The Bertz CT molecular complexity index is 819. The smallest absolute Gasteiger partial charge is 0.267 e. The summed E-state index contributed by atoms with van der Waals surface area (Å²) in [5.74, 6) is -1.73. The van der Waals surface area contributed by atoms with Gasteiger partial charge in [0.05, 0.1) is 26.8 Å². The zero-order chi connectivity index (χ0) is 18.9. The molecule has 1 aliphatic carbocycles. The van der Waals surface area contributed by atoms with E-state index in [2.05, 4.69) is 10.3 Å². The maximum Gasteiger partial charge on any atom is 0.267 e. The summed E-state index contributed by atoms with van der Waals surface area (Å²) in [6.07, 6.45) is 0.117. The molecule has 142 valence electrons. The average Bonchev–Trinajstić information content (AvgIpc) is 3.21. The Kier molecular flexibility index (Phi) is 4.93. The first-order chi connectivity index (χ1) is 12.4. The summed E-state index contributed by atoms with van der Waals surface area (Å²) >= 11 is 0. The minimum atomic E-state index is -2.62. The molecule has 1 aliphatic rings. The number of carbonyl (C=O) groups is 1. The van der Waals surface area contributed by atoms with Gasteiger partial charge in [-0.05, 0) is 18.4 Å². The number of aromatic amines is 1. The molecule has 2 aromatic rings. The Morgan fingerprint density at radius 1 is 1.23 bits per heavy atom. The highest BCUT2D eigenvalue weighted by Gasteiger charge is 2.39. The third kappa shape index (κ3) is 3.40. The van der Waals surface area contributed by atoms with Gasteiger partial charge in [0.2, 0.25) is 5.92 Å². The Morgan fingerprint density at radius 2 is 1.96 bits per heavy atom. The number of hydrogen-bond acceptors (Lipinski definition) is 4. The Labute approximate surface area is 149 Å². The fourth-order valence-corrected chi connectivity index (χ4v) is 3.41. The molecule has 2 N–H and O–H groups in total. The lowest BCUT2D eigenvalue weighted by Crippen LogP contribution is -2.29. The fraction of sp³-hybridized carbons (Fsp3) is 0.500. The van der Waals surface area contributed by atoms with Gasteiger partial charge in [-0.3, -0.25) is 4.79 Å². The van der Waals surface area contributed by atoms with E-state index in [0.717, 1.165) is 0 Å². The molecule has 1 amide bonds. The monoisotopic (exact) mass is 368 g/mol. The molecule has 0 unspecified atom stereocenters. The van der Waals surface area contributed by atoms with Crippen molar-refractivity contribution < 1.29 is 27.8 Å². The summed E-state index contributed by atoms with van der Waals surface area (Å²) in [4.78, 5) is 15.5. The van der Waals surface area contributed by atoms with Gasteiger partial charge in [0, 0.05) is 30.8 Å². The standard InChI is InChI=1S/C18H22F2N2O4/c1-24-13-7-14(25-2)16(26-3)15-11(13)6-12(22-15)17(23)21-9-10-4-5-18(19,20)8-10/h6-7,10,22H,4-5,8-9H2,1-3H3,(H,21,23)/t10-/m1/s1. The van der Waals surface area contributed by atoms with Crippen LogP contribution in [0.15, 0.2) is 12.1 Å². The van der Waals surface area contributed by atoms with Crippen molar-refractivity contribution in [2.45, 2.75) is 25.2 Å². The van der Waals surface area contributed by atoms with E-state index in [-0.39, 0.29) is 31.2 Å². The summed E-state index contributed by atoms with van der Waals surface area (Å²) in [7, 11) is 4.54. The van der Waals surface area contributed by atoms with E-state index in [1.54, 1.807) is 12.1 Å². The number of amides is 1. The highest BCUT2D eigenvalue weighted by atomic mass is 19.3. The maximum absolute atomic E-state index is 13.3. The summed E-state index contributed by atoms with van der Waals surface area (Å²) in [5.41, 5.74) is 0.871. The van der Waals surface area contributed by atoms with Gasteiger partial charge < -0.3 is 24.5 Å². The van der Waals surface area contributed by atoms with E-state index < -0.39 is 5.92 Å². The van der Waals surface area contributed by atoms with Crippen LogP contribution in [-0.4, -0.2) is 44.7 Å². The number of hydrogen-bond donors (Lipinski definition) is 2. The van der Waals surface area contributed by atoms with E-state index >= 15 is 0 Å². The van der Waals surface area contributed by atoms with Crippen molar-refractivity contribution in [3.8, 4) is 17.2 Å². The lowest BCUT2D eigenvalue weighted by molar-refractivity contribution is 0.00504. The van der Waals surface area contributed by atoms with Crippen LogP contribution in [0.5, 0.6) is 17.2 Å². The van der Waals surface area contributed by atoms with Crippen LogP contribution in [0.2, 0.25) is 0 Å². The van der Waals surface area contributed by atoms with Crippen LogP contribution in [0.3, 0.4) is 0 Å². The summed E-state index contributed by atoms with van der Waals surface area (Å²) in [6, 6.07) is 3.33. The van der Waals surface area contributed by atoms with Crippen LogP contribution < -0.4 is 19.5 Å². The minimum Gasteiger partial charge on any atom is -0.496 e. The topological polar surface area (TPSA) is 72.6 Å². The van der Waals surface area contributed by atoms with E-state index in [9.17, 15) is 13.6 Å². The van der Waals surface area contributed by atoms with Crippen molar-refractivity contribution in [1.29, 1.82) is 0 Å². The number of fused-ring (bicyclic) bond motifs is 1. The molecule has 0 radical (unpaired) electrons. The molecule has 1 aromatic heterocycles. The molecule has 0 bridgehead atoms. The normalized spacial score (nSPS) is 18.7. The zero-order valence-corrected chi connectivity index (χ0v) is 14.9. The van der Waals surface area contributed by atoms with Crippen LogP contribution in [-0.2, 0) is 0 Å². The number of halogens is 2. The van der Waals surface area contributed by atoms with E-state index in [4.69, 9.17) is 14.2 Å². The van der Waals surface area contributed by atoms with E-state index in [1.165, 1.54) is 21.3 Å². The maximum atomic E-state index is 13.3. The molecule has 0 aliphatic heterocycles. The number of rotatable bonds is 6. The van der Waals surface area contributed by atoms with Gasteiger partial charge in [-0.25, -0.2) is 8.78 Å². The van der Waals surface area contributed by atoms with Crippen molar-refractivity contribution >= 4 is 16.8 Å². The van der Waals surface area contributed by atoms with Gasteiger partial charge >= 0.3 is 0 Å². The molecule has 3 rings (SSSR count). The number of methoxy groups -OCH3 is 3. The largest absolute Gasteiger partial charge is 0.496 e. The molecular weight excluding hydrogens is 346 g/mol. The third-order valence-electron chi connectivity index (χ3n) is 4.74. The number of benzene rings is 1. The first-order valence-electron chi connectivity index (χ1n) is 8.36. The molecule has 0 saturated heterocycles. The molecule has 1 saturated carbocycles. The molecular formula is C18H22F2N2O4. The van der Waals surface area contributed by atoms with Crippen LogP contribution in [0.4, 0.5) is 8.78 Å². The van der Waals surface area contributed by atoms with Gasteiger partial charge in [0.1, 0.15) is 11.4 Å². The summed E-state index contributed by atoms with van der Waals surface area (Å²) in [5, 5.41) is 3.40. The van der Waals surface area contributed by atoms with Crippen molar-refractivity contribution in [2.24, 2.45) is 5.92 Å². The number of aromatic nitrogens is 1. The lowest BCUT2D eigenvalue weighted by atomic mass is 10.1. The molecule has 1 heterocycles. The van der Waals surface area contributed by atoms with Gasteiger partial charge in [-0.1, -0.05) is 0 Å². The molecule has 26 heavy (non-hydrogen) atoms. The van der Waals surface area contributed by atoms with Crippen molar-refractivity contribution in [2.75, 3.05) is 27.9 Å². The quantitative estimate of drug-likeness (QED) is 0.820. The highest BCUT2D eigenvalue weighted by Crippen LogP contribution is 2.41. The number of carbonyl (C=O) groups excluding carboxylic acids is 1. The fourth-order valence-electron chi connectivity index (χ4n) is 3.41. The number of nitrogens with one attached hydrogen (secondary N) is 2. The average molecular weight is 368 g/mol. The second kappa shape index (κ2) is 7.01. The van der Waals surface area contributed by atoms with Crippen LogP contribution in [0, 0.1) is 5.92 Å². The second-order valence-corrected chi connectivity index (χ2v) is 6.46. The van der Waals surface area contributed by atoms with E-state index in [0.29, 0.717) is 40.3 Å². The zero-order valence-electron chi connectivity index (χ0n) is 14.9. The van der Waals surface area contributed by atoms with Gasteiger partial charge in [0.15, 0.2) is 11.5 Å². The predicted octanol–water partition coefficient (Wildman–Crippen LogP) is 3.36. The Morgan fingerprint density at radius 3 is 2.54 bits per heavy atom. The Hall–Kier alpha value is -2.51. The SMILES string of the molecule is COc1cc(OC)c2cc(C(=O)NC[C@@H]3CCC(F)(F)C3)[nH]c2c1OC. The molecule has 6 nitrogen and oxygen atoms in total.